The highest BCUT2D eigenvalue weighted by atomic mass is 32.2. The second-order valence-corrected chi connectivity index (χ2v) is 8.06. The third-order valence-corrected chi connectivity index (χ3v) is 5.79. The quantitative estimate of drug-likeness (QED) is 0.854. The average Bonchev–Trinajstić information content (AvgIpc) is 2.45. The second kappa shape index (κ2) is 6.13. The summed E-state index contributed by atoms with van der Waals surface area (Å²) in [6, 6.07) is 5.03. The van der Waals surface area contributed by atoms with Crippen molar-refractivity contribution in [2.45, 2.75) is 43.9 Å². The van der Waals surface area contributed by atoms with Gasteiger partial charge in [0.2, 0.25) is 0 Å². The maximum atomic E-state index is 12.5. The van der Waals surface area contributed by atoms with Crippen LogP contribution in [0.15, 0.2) is 18.2 Å². The van der Waals surface area contributed by atoms with Crippen LogP contribution in [0.2, 0.25) is 0 Å². The Labute approximate surface area is 126 Å². The van der Waals surface area contributed by atoms with E-state index in [1.165, 1.54) is 6.26 Å². The Bertz CT molecular complexity index is 628. The van der Waals surface area contributed by atoms with Crippen LogP contribution in [0.5, 0.6) is 0 Å². The van der Waals surface area contributed by atoms with Gasteiger partial charge in [0.15, 0.2) is 9.84 Å². The van der Waals surface area contributed by atoms with Gasteiger partial charge in [-0.25, -0.2) is 13.4 Å². The summed E-state index contributed by atoms with van der Waals surface area (Å²) < 4.78 is 23.9. The molecule has 0 unspecified atom stereocenters. The van der Waals surface area contributed by atoms with Crippen LogP contribution in [0.25, 0.3) is 0 Å². The van der Waals surface area contributed by atoms with Crippen LogP contribution in [-0.4, -0.2) is 48.8 Å². The lowest BCUT2D eigenvalue weighted by molar-refractivity contribution is 0.0694. The van der Waals surface area contributed by atoms with Gasteiger partial charge in [-0.1, -0.05) is 18.9 Å². The fourth-order valence-corrected chi connectivity index (χ4v) is 4.50. The normalized spacial score (nSPS) is 22.8. The summed E-state index contributed by atoms with van der Waals surface area (Å²) in [7, 11) is -1.48. The van der Waals surface area contributed by atoms with Crippen molar-refractivity contribution in [2.75, 3.05) is 13.3 Å². The maximum absolute atomic E-state index is 12.5. The highest BCUT2D eigenvalue weighted by Crippen LogP contribution is 2.28. The molecule has 1 aromatic heterocycles. The summed E-state index contributed by atoms with van der Waals surface area (Å²) in [4.78, 5) is 18.3. The van der Waals surface area contributed by atoms with Crippen LogP contribution < -0.4 is 0 Å². The van der Waals surface area contributed by atoms with E-state index in [-0.39, 0.29) is 11.9 Å². The molecule has 0 aromatic carbocycles. The van der Waals surface area contributed by atoms with E-state index >= 15 is 0 Å². The first-order valence-electron chi connectivity index (χ1n) is 7.20. The topological polar surface area (TPSA) is 67.3 Å². The molecule has 6 heteroatoms. The molecule has 1 saturated carbocycles. The maximum Gasteiger partial charge on any atom is 0.272 e. The van der Waals surface area contributed by atoms with Crippen LogP contribution in [0.1, 0.15) is 41.9 Å². The molecule has 21 heavy (non-hydrogen) atoms. The molecular weight excluding hydrogens is 288 g/mol. The predicted octanol–water partition coefficient (Wildman–Crippen LogP) is 1.82. The number of carbonyl (C=O) groups excluding carboxylic acids is 1. The van der Waals surface area contributed by atoms with Crippen molar-refractivity contribution in [3.8, 4) is 0 Å². The summed E-state index contributed by atoms with van der Waals surface area (Å²) in [5.74, 6) is -0.209. The largest absolute Gasteiger partial charge is 0.336 e. The molecule has 0 saturated heterocycles. The lowest BCUT2D eigenvalue weighted by atomic mass is 9.93. The van der Waals surface area contributed by atoms with Gasteiger partial charge in [0.25, 0.3) is 5.91 Å². The van der Waals surface area contributed by atoms with Crippen LogP contribution in [-0.2, 0) is 9.84 Å². The van der Waals surface area contributed by atoms with E-state index in [9.17, 15) is 13.2 Å². The summed E-state index contributed by atoms with van der Waals surface area (Å²) in [6.45, 7) is 1.83. The molecule has 2 atom stereocenters. The van der Waals surface area contributed by atoms with E-state index in [0.29, 0.717) is 12.1 Å². The lowest BCUT2D eigenvalue weighted by Gasteiger charge is -2.36. The van der Waals surface area contributed by atoms with Gasteiger partial charge in [0.05, 0.1) is 5.25 Å². The molecule has 1 heterocycles. The van der Waals surface area contributed by atoms with Crippen molar-refractivity contribution in [3.05, 3.63) is 29.6 Å². The van der Waals surface area contributed by atoms with Crippen molar-refractivity contribution in [1.82, 2.24) is 9.88 Å². The van der Waals surface area contributed by atoms with E-state index in [4.69, 9.17) is 0 Å². The van der Waals surface area contributed by atoms with Gasteiger partial charge in [-0.2, -0.15) is 0 Å². The zero-order chi connectivity index (χ0) is 15.6. The van der Waals surface area contributed by atoms with E-state index in [1.807, 2.05) is 13.0 Å². The van der Waals surface area contributed by atoms with Gasteiger partial charge in [-0.3, -0.25) is 4.79 Å². The van der Waals surface area contributed by atoms with Gasteiger partial charge in [0.1, 0.15) is 5.69 Å². The molecule has 0 aliphatic heterocycles. The average molecular weight is 310 g/mol. The zero-order valence-corrected chi connectivity index (χ0v) is 13.6. The molecule has 1 aromatic rings. The SMILES string of the molecule is Cc1cccc(C(=O)N(C)[C@H]2CCCC[C@H]2S(C)(=O)=O)n1. The van der Waals surface area contributed by atoms with Crippen molar-refractivity contribution in [2.24, 2.45) is 0 Å². The van der Waals surface area contributed by atoms with E-state index in [1.54, 1.807) is 24.1 Å². The number of nitrogens with zero attached hydrogens (tertiary/aromatic N) is 2. The molecule has 1 amide bonds. The van der Waals surface area contributed by atoms with Gasteiger partial charge in [0, 0.05) is 25.0 Å². The summed E-state index contributed by atoms with van der Waals surface area (Å²) in [5, 5.41) is -0.468. The molecule has 1 aliphatic carbocycles. The van der Waals surface area contributed by atoms with Crippen molar-refractivity contribution in [3.63, 3.8) is 0 Å². The van der Waals surface area contributed by atoms with Crippen LogP contribution >= 0.6 is 0 Å². The van der Waals surface area contributed by atoms with Gasteiger partial charge in [-0.05, 0) is 31.9 Å². The number of hydrogen-bond acceptors (Lipinski definition) is 4. The number of sulfone groups is 1. The molecule has 1 aliphatic rings. The Morgan fingerprint density at radius 1 is 1.29 bits per heavy atom. The first-order valence-corrected chi connectivity index (χ1v) is 9.16. The number of aryl methyl sites for hydroxylation is 1. The van der Waals surface area contributed by atoms with Crippen molar-refractivity contribution >= 4 is 15.7 Å². The lowest BCUT2D eigenvalue weighted by Crippen LogP contribution is -2.49. The molecule has 0 radical (unpaired) electrons. The summed E-state index contributed by atoms with van der Waals surface area (Å²) in [5.41, 5.74) is 1.15. The molecular formula is C15H22N2O3S. The van der Waals surface area contributed by atoms with Crippen LogP contribution in [0.4, 0.5) is 0 Å². The number of rotatable bonds is 3. The zero-order valence-electron chi connectivity index (χ0n) is 12.7. The third-order valence-electron chi connectivity index (χ3n) is 4.14. The molecule has 0 N–H and O–H groups in total. The van der Waals surface area contributed by atoms with E-state index < -0.39 is 15.1 Å². The Hall–Kier alpha value is -1.43. The molecule has 0 bridgehead atoms. The number of amides is 1. The minimum Gasteiger partial charge on any atom is -0.336 e. The first kappa shape index (κ1) is 15.9. The summed E-state index contributed by atoms with van der Waals surface area (Å²) in [6.07, 6.45) is 4.47. The molecule has 0 spiro atoms. The number of aromatic nitrogens is 1. The molecule has 5 nitrogen and oxygen atoms in total. The van der Waals surface area contributed by atoms with Crippen LogP contribution in [0.3, 0.4) is 0 Å². The number of pyridine rings is 1. The highest BCUT2D eigenvalue weighted by Gasteiger charge is 2.37. The first-order chi connectivity index (χ1) is 9.80. The molecule has 1 fully saturated rings. The number of carbonyl (C=O) groups is 1. The third kappa shape index (κ3) is 3.61. The van der Waals surface area contributed by atoms with E-state index in [2.05, 4.69) is 4.98 Å². The Kier molecular flexibility index (Phi) is 4.66. The fourth-order valence-electron chi connectivity index (χ4n) is 3.01. The Balaban J connectivity index is 2.25. The second-order valence-electron chi connectivity index (χ2n) is 5.80. The van der Waals surface area contributed by atoms with Crippen LogP contribution in [0, 0.1) is 6.92 Å². The van der Waals surface area contributed by atoms with Gasteiger partial charge >= 0.3 is 0 Å². The Morgan fingerprint density at radius 3 is 2.57 bits per heavy atom. The standard InChI is InChI=1S/C15H22N2O3S/c1-11-7-6-8-12(16-11)15(18)17(2)13-9-4-5-10-14(13)21(3,19)20/h6-8,13-14H,4-5,9-10H2,1-3H3/t13-,14+/m0/s1. The fraction of sp³-hybridized carbons (Fsp3) is 0.600. The van der Waals surface area contributed by atoms with Crippen molar-refractivity contribution < 1.29 is 13.2 Å². The Morgan fingerprint density at radius 2 is 1.95 bits per heavy atom. The monoisotopic (exact) mass is 310 g/mol. The van der Waals surface area contributed by atoms with E-state index in [0.717, 1.165) is 25.0 Å². The minimum absolute atomic E-state index is 0.209. The number of hydrogen-bond donors (Lipinski definition) is 0. The van der Waals surface area contributed by atoms with Crippen molar-refractivity contribution in [1.29, 1.82) is 0 Å². The minimum atomic E-state index is -3.16. The summed E-state index contributed by atoms with van der Waals surface area (Å²) >= 11 is 0. The van der Waals surface area contributed by atoms with Gasteiger partial charge < -0.3 is 4.90 Å². The highest BCUT2D eigenvalue weighted by molar-refractivity contribution is 7.91. The van der Waals surface area contributed by atoms with Gasteiger partial charge in [-0.15, -0.1) is 0 Å². The molecule has 2 rings (SSSR count). The molecule has 116 valence electrons. The smallest absolute Gasteiger partial charge is 0.272 e. The predicted molar refractivity (Wildman–Crippen MR) is 82.0 cm³/mol.